The summed E-state index contributed by atoms with van der Waals surface area (Å²) in [6, 6.07) is 13.9. The molecular weight excluding hydrogens is 290 g/mol. The minimum absolute atomic E-state index is 0.656. The molecule has 0 saturated carbocycles. The summed E-state index contributed by atoms with van der Waals surface area (Å²) >= 11 is 0. The number of rotatable bonds is 5. The van der Waals surface area contributed by atoms with Gasteiger partial charge in [0.05, 0.1) is 38.1 Å². The van der Waals surface area contributed by atoms with Crippen molar-refractivity contribution in [3.8, 4) is 17.2 Å². The van der Waals surface area contributed by atoms with Crippen molar-refractivity contribution in [1.29, 1.82) is 0 Å². The van der Waals surface area contributed by atoms with Crippen LogP contribution in [0, 0.1) is 0 Å². The minimum Gasteiger partial charge on any atom is -0.496 e. The molecule has 0 saturated heterocycles. The fraction of sp³-hybridized carbons (Fsp3) is 0.158. The van der Waals surface area contributed by atoms with E-state index in [1.165, 1.54) is 0 Å². The van der Waals surface area contributed by atoms with Gasteiger partial charge in [0.2, 0.25) is 0 Å². The number of fused-ring (bicyclic) bond motifs is 1. The highest BCUT2D eigenvalue weighted by atomic mass is 16.5. The average molecular weight is 309 g/mol. The molecule has 0 spiro atoms. The zero-order valence-electron chi connectivity index (χ0n) is 13.5. The topological polar surface area (TPSA) is 32.6 Å². The summed E-state index contributed by atoms with van der Waals surface area (Å²) < 4.78 is 18.4. The first-order chi connectivity index (χ1) is 11.2. The number of hydrogen-bond acceptors (Lipinski definition) is 3. The Morgan fingerprint density at radius 3 is 2.17 bits per heavy atom. The normalized spacial score (nSPS) is 10.6. The lowest BCUT2D eigenvalue weighted by molar-refractivity contribution is 0.373. The van der Waals surface area contributed by atoms with Crippen LogP contribution in [-0.4, -0.2) is 25.9 Å². The molecule has 0 radical (unpaired) electrons. The van der Waals surface area contributed by atoms with Crippen LogP contribution < -0.4 is 14.2 Å². The highest BCUT2D eigenvalue weighted by Crippen LogP contribution is 2.39. The number of para-hydroxylation sites is 1. The number of benzene rings is 2. The number of aromatic nitrogens is 1. The Morgan fingerprint density at radius 2 is 1.57 bits per heavy atom. The van der Waals surface area contributed by atoms with E-state index < -0.39 is 0 Å². The summed E-state index contributed by atoms with van der Waals surface area (Å²) in [5.74, 6) is 1.99. The number of methoxy groups -OCH3 is 3. The van der Waals surface area contributed by atoms with Gasteiger partial charge in [0.15, 0.2) is 0 Å². The summed E-state index contributed by atoms with van der Waals surface area (Å²) in [7, 11) is 4.86. The van der Waals surface area contributed by atoms with Crippen LogP contribution in [0.2, 0.25) is 0 Å². The molecule has 0 N–H and O–H groups in total. The van der Waals surface area contributed by atoms with Crippen LogP contribution in [0.4, 0.5) is 0 Å². The van der Waals surface area contributed by atoms with E-state index in [4.69, 9.17) is 14.2 Å². The molecule has 23 heavy (non-hydrogen) atoms. The summed E-state index contributed by atoms with van der Waals surface area (Å²) in [6.07, 6.45) is 2.00. The second-order valence-electron chi connectivity index (χ2n) is 5.10. The van der Waals surface area contributed by atoms with Gasteiger partial charge in [-0.2, -0.15) is 0 Å². The molecule has 0 atom stereocenters. The maximum Gasteiger partial charge on any atom is 0.135 e. The number of ether oxygens (including phenoxy) is 3. The second-order valence-corrected chi connectivity index (χ2v) is 5.10. The molecule has 0 unspecified atom stereocenters. The van der Waals surface area contributed by atoms with Gasteiger partial charge in [-0.1, -0.05) is 24.8 Å². The Kier molecular flexibility index (Phi) is 3.98. The summed E-state index contributed by atoms with van der Waals surface area (Å²) in [5.41, 5.74) is 2.66. The van der Waals surface area contributed by atoms with Gasteiger partial charge in [-0.15, -0.1) is 0 Å². The molecule has 1 aromatic heterocycles. The highest BCUT2D eigenvalue weighted by molar-refractivity contribution is 5.87. The summed E-state index contributed by atoms with van der Waals surface area (Å²) in [4.78, 5) is 0. The number of hydrogen-bond donors (Lipinski definition) is 0. The fourth-order valence-corrected chi connectivity index (χ4v) is 2.73. The Hall–Kier alpha value is -2.88. The molecule has 3 aromatic rings. The van der Waals surface area contributed by atoms with Crippen molar-refractivity contribution in [2.45, 2.75) is 0 Å². The standard InChI is InChI=1S/C19H19NO3/c1-13(20-10-9-14-7-5-6-8-16(14)20)19-17(22-3)11-15(21-2)12-18(19)23-4/h5-12H,1H2,2-4H3. The third-order valence-corrected chi connectivity index (χ3v) is 3.89. The Labute approximate surface area is 135 Å². The first kappa shape index (κ1) is 15.0. The predicted octanol–water partition coefficient (Wildman–Crippen LogP) is 4.19. The lowest BCUT2D eigenvalue weighted by Crippen LogP contribution is -2.02. The van der Waals surface area contributed by atoms with E-state index in [1.807, 2.05) is 35.0 Å². The van der Waals surface area contributed by atoms with Crippen molar-refractivity contribution in [1.82, 2.24) is 4.57 Å². The molecule has 0 amide bonds. The molecule has 2 aromatic carbocycles. The van der Waals surface area contributed by atoms with Crippen LogP contribution in [0.15, 0.2) is 55.2 Å². The van der Waals surface area contributed by atoms with Gasteiger partial charge in [0.1, 0.15) is 17.2 Å². The molecule has 0 aliphatic heterocycles. The van der Waals surface area contributed by atoms with Gasteiger partial charge in [-0.3, -0.25) is 0 Å². The lowest BCUT2D eigenvalue weighted by atomic mass is 10.1. The first-order valence-electron chi connectivity index (χ1n) is 7.25. The van der Waals surface area contributed by atoms with Crippen LogP contribution in [0.25, 0.3) is 16.6 Å². The van der Waals surface area contributed by atoms with Gasteiger partial charge in [0.25, 0.3) is 0 Å². The van der Waals surface area contributed by atoms with Gasteiger partial charge in [-0.25, -0.2) is 0 Å². The van der Waals surface area contributed by atoms with Crippen LogP contribution >= 0.6 is 0 Å². The van der Waals surface area contributed by atoms with E-state index >= 15 is 0 Å². The molecule has 4 heteroatoms. The summed E-state index contributed by atoms with van der Waals surface area (Å²) in [5, 5.41) is 1.15. The van der Waals surface area contributed by atoms with Gasteiger partial charge < -0.3 is 18.8 Å². The molecule has 1 heterocycles. The van der Waals surface area contributed by atoms with Gasteiger partial charge >= 0.3 is 0 Å². The Balaban J connectivity index is 2.19. The van der Waals surface area contributed by atoms with Crippen molar-refractivity contribution in [2.24, 2.45) is 0 Å². The van der Waals surface area contributed by atoms with Gasteiger partial charge in [0, 0.05) is 18.3 Å². The Morgan fingerprint density at radius 1 is 0.913 bits per heavy atom. The predicted molar refractivity (Wildman–Crippen MR) is 92.5 cm³/mol. The number of nitrogens with zero attached hydrogens (tertiary/aromatic N) is 1. The Bertz CT molecular complexity index is 839. The first-order valence-corrected chi connectivity index (χ1v) is 7.25. The maximum atomic E-state index is 5.53. The van der Waals surface area contributed by atoms with E-state index in [2.05, 4.69) is 24.8 Å². The van der Waals surface area contributed by atoms with Crippen LogP contribution in [0.3, 0.4) is 0 Å². The van der Waals surface area contributed by atoms with Crippen LogP contribution in [0.5, 0.6) is 17.2 Å². The second kappa shape index (κ2) is 6.08. The zero-order chi connectivity index (χ0) is 16.4. The summed E-state index contributed by atoms with van der Waals surface area (Å²) in [6.45, 7) is 4.25. The molecule has 0 aliphatic rings. The third-order valence-electron chi connectivity index (χ3n) is 3.89. The van der Waals surface area contributed by atoms with E-state index in [9.17, 15) is 0 Å². The minimum atomic E-state index is 0.656. The van der Waals surface area contributed by atoms with Gasteiger partial charge in [-0.05, 0) is 17.5 Å². The molecule has 0 bridgehead atoms. The monoisotopic (exact) mass is 309 g/mol. The van der Waals surface area contributed by atoms with Crippen molar-refractivity contribution in [3.63, 3.8) is 0 Å². The third kappa shape index (κ3) is 2.52. The molecular formula is C19H19NO3. The van der Waals surface area contributed by atoms with Crippen molar-refractivity contribution in [3.05, 3.63) is 60.8 Å². The fourth-order valence-electron chi connectivity index (χ4n) is 2.73. The largest absolute Gasteiger partial charge is 0.496 e. The smallest absolute Gasteiger partial charge is 0.135 e. The van der Waals surface area contributed by atoms with Crippen molar-refractivity contribution < 1.29 is 14.2 Å². The van der Waals surface area contributed by atoms with E-state index in [0.717, 1.165) is 22.2 Å². The molecule has 4 nitrogen and oxygen atoms in total. The van der Waals surface area contributed by atoms with Crippen LogP contribution in [-0.2, 0) is 0 Å². The van der Waals surface area contributed by atoms with Crippen molar-refractivity contribution >= 4 is 16.6 Å². The molecule has 118 valence electrons. The maximum absolute atomic E-state index is 5.53. The SMILES string of the molecule is C=C(c1c(OC)cc(OC)cc1OC)n1ccc2ccccc21. The highest BCUT2D eigenvalue weighted by Gasteiger charge is 2.18. The molecule has 3 rings (SSSR count). The van der Waals surface area contributed by atoms with E-state index in [0.29, 0.717) is 17.2 Å². The van der Waals surface area contributed by atoms with E-state index in [-0.39, 0.29) is 0 Å². The quantitative estimate of drug-likeness (QED) is 0.708. The zero-order valence-corrected chi connectivity index (χ0v) is 13.5. The van der Waals surface area contributed by atoms with Crippen molar-refractivity contribution in [2.75, 3.05) is 21.3 Å². The lowest BCUT2D eigenvalue weighted by Gasteiger charge is -2.18. The average Bonchev–Trinajstić information content (AvgIpc) is 3.03. The van der Waals surface area contributed by atoms with E-state index in [1.54, 1.807) is 21.3 Å². The molecule has 0 fully saturated rings. The molecule has 0 aliphatic carbocycles. The van der Waals surface area contributed by atoms with Crippen LogP contribution in [0.1, 0.15) is 5.56 Å².